The highest BCUT2D eigenvalue weighted by molar-refractivity contribution is 5.87. The lowest BCUT2D eigenvalue weighted by Gasteiger charge is -2.34. The molecule has 0 bridgehead atoms. The van der Waals surface area contributed by atoms with Crippen molar-refractivity contribution < 1.29 is 24.2 Å². The lowest BCUT2D eigenvalue weighted by atomic mass is 10.1. The number of ether oxygens (including phenoxy) is 2. The summed E-state index contributed by atoms with van der Waals surface area (Å²) in [6.07, 6.45) is 0.374. The zero-order chi connectivity index (χ0) is 12.8. The number of methoxy groups -OCH3 is 1. The summed E-state index contributed by atoms with van der Waals surface area (Å²) in [6, 6.07) is -1.67. The largest absolute Gasteiger partial charge is 0.480 e. The van der Waals surface area contributed by atoms with Crippen LogP contribution in [-0.4, -0.2) is 67.4 Å². The van der Waals surface area contributed by atoms with Gasteiger partial charge in [0.05, 0.1) is 19.3 Å². The molecule has 0 aromatic rings. The summed E-state index contributed by atoms with van der Waals surface area (Å²) in [7, 11) is 1.52. The molecule has 1 saturated heterocycles. The van der Waals surface area contributed by atoms with E-state index in [4.69, 9.17) is 20.3 Å². The first-order chi connectivity index (χ1) is 8.07. The van der Waals surface area contributed by atoms with E-state index in [1.807, 2.05) is 0 Å². The van der Waals surface area contributed by atoms with E-state index in [-0.39, 0.29) is 19.1 Å². The van der Waals surface area contributed by atoms with Gasteiger partial charge in [-0.25, -0.2) is 4.79 Å². The first-order valence-electron chi connectivity index (χ1n) is 5.43. The molecular formula is C10H18N2O5. The molecule has 7 nitrogen and oxygen atoms in total. The summed E-state index contributed by atoms with van der Waals surface area (Å²) >= 11 is 0. The molecule has 0 radical (unpaired) electrons. The molecule has 2 unspecified atom stereocenters. The van der Waals surface area contributed by atoms with Crippen LogP contribution in [-0.2, 0) is 19.1 Å². The average molecular weight is 246 g/mol. The van der Waals surface area contributed by atoms with Crippen LogP contribution in [0, 0.1) is 0 Å². The third kappa shape index (κ3) is 3.65. The lowest BCUT2D eigenvalue weighted by Crippen LogP contribution is -2.57. The average Bonchev–Trinajstić information content (AvgIpc) is 2.34. The number of hydrogen-bond donors (Lipinski definition) is 2. The molecule has 0 spiro atoms. The van der Waals surface area contributed by atoms with Gasteiger partial charge in [-0.2, -0.15) is 0 Å². The van der Waals surface area contributed by atoms with Crippen molar-refractivity contribution in [2.24, 2.45) is 5.73 Å². The summed E-state index contributed by atoms with van der Waals surface area (Å²) in [5, 5.41) is 8.98. The predicted octanol–water partition coefficient (Wildman–Crippen LogP) is -1.34. The van der Waals surface area contributed by atoms with Gasteiger partial charge in [0.15, 0.2) is 6.04 Å². The number of aliphatic carboxylic acids is 1. The summed E-state index contributed by atoms with van der Waals surface area (Å²) in [5.41, 5.74) is 5.69. The van der Waals surface area contributed by atoms with Crippen molar-refractivity contribution in [3.63, 3.8) is 0 Å². The number of nitrogens with zero attached hydrogens (tertiary/aromatic N) is 1. The number of carbonyl (C=O) groups is 2. The minimum Gasteiger partial charge on any atom is -0.480 e. The Bertz CT molecular complexity index is 284. The third-order valence-electron chi connectivity index (χ3n) is 2.65. The minimum absolute atomic E-state index is 0.0120. The number of nitrogens with two attached hydrogens (primary N) is 1. The topological polar surface area (TPSA) is 102 Å². The summed E-state index contributed by atoms with van der Waals surface area (Å²) < 4.78 is 9.88. The van der Waals surface area contributed by atoms with Gasteiger partial charge in [0.25, 0.3) is 0 Å². The smallest absolute Gasteiger partial charge is 0.328 e. The fourth-order valence-corrected chi connectivity index (χ4v) is 1.65. The Morgan fingerprint density at radius 2 is 2.35 bits per heavy atom. The molecule has 0 aromatic carbocycles. The standard InChI is InChI=1S/C10H18N2O5/c1-16-4-2-7(11)9(13)12-3-5-17-6-8(12)10(14)15/h7-8H,2-6,11H2,1H3,(H,14,15). The van der Waals surface area contributed by atoms with Crippen LogP contribution in [0.15, 0.2) is 0 Å². The fraction of sp³-hybridized carbons (Fsp3) is 0.800. The normalized spacial score (nSPS) is 22.2. The molecule has 1 heterocycles. The highest BCUT2D eigenvalue weighted by Crippen LogP contribution is 2.10. The Kier molecular flexibility index (Phi) is 5.33. The second-order valence-electron chi connectivity index (χ2n) is 3.85. The minimum atomic E-state index is -1.07. The maximum absolute atomic E-state index is 11.9. The Hall–Kier alpha value is -1.18. The van der Waals surface area contributed by atoms with Crippen LogP contribution in [0.2, 0.25) is 0 Å². The van der Waals surface area contributed by atoms with Gasteiger partial charge in [0.1, 0.15) is 0 Å². The maximum Gasteiger partial charge on any atom is 0.328 e. The van der Waals surface area contributed by atoms with Gasteiger partial charge in [-0.1, -0.05) is 0 Å². The van der Waals surface area contributed by atoms with Crippen molar-refractivity contribution >= 4 is 11.9 Å². The van der Waals surface area contributed by atoms with Crippen molar-refractivity contribution in [1.29, 1.82) is 0 Å². The van der Waals surface area contributed by atoms with Crippen LogP contribution in [0.1, 0.15) is 6.42 Å². The quantitative estimate of drug-likeness (QED) is 0.622. The lowest BCUT2D eigenvalue weighted by molar-refractivity contribution is -0.159. The van der Waals surface area contributed by atoms with E-state index < -0.39 is 18.1 Å². The number of hydrogen-bond acceptors (Lipinski definition) is 5. The van der Waals surface area contributed by atoms with Gasteiger partial charge >= 0.3 is 5.97 Å². The second-order valence-corrected chi connectivity index (χ2v) is 3.85. The second kappa shape index (κ2) is 6.53. The third-order valence-corrected chi connectivity index (χ3v) is 2.65. The number of rotatable bonds is 5. The van der Waals surface area contributed by atoms with E-state index in [1.165, 1.54) is 12.0 Å². The number of morpholine rings is 1. The van der Waals surface area contributed by atoms with Gasteiger partial charge in [-0.05, 0) is 6.42 Å². The SMILES string of the molecule is COCCC(N)C(=O)N1CCOCC1C(=O)O. The summed E-state index contributed by atoms with van der Waals surface area (Å²) in [6.45, 7) is 0.982. The zero-order valence-corrected chi connectivity index (χ0v) is 9.80. The molecule has 0 aliphatic carbocycles. The molecule has 2 atom stereocenters. The number of carbonyl (C=O) groups excluding carboxylic acids is 1. The van der Waals surface area contributed by atoms with Gasteiger partial charge in [-0.3, -0.25) is 4.79 Å². The van der Waals surface area contributed by atoms with E-state index in [1.54, 1.807) is 0 Å². The molecule has 1 rings (SSSR count). The van der Waals surface area contributed by atoms with Crippen LogP contribution in [0.25, 0.3) is 0 Å². The Labute approximate surface area is 99.5 Å². The van der Waals surface area contributed by atoms with Crippen LogP contribution >= 0.6 is 0 Å². The van der Waals surface area contributed by atoms with Crippen molar-refractivity contribution in [3.8, 4) is 0 Å². The van der Waals surface area contributed by atoms with Crippen molar-refractivity contribution in [2.75, 3.05) is 33.5 Å². The fourth-order valence-electron chi connectivity index (χ4n) is 1.65. The van der Waals surface area contributed by atoms with Crippen molar-refractivity contribution in [3.05, 3.63) is 0 Å². The van der Waals surface area contributed by atoms with Crippen LogP contribution < -0.4 is 5.73 Å². The van der Waals surface area contributed by atoms with Crippen LogP contribution in [0.4, 0.5) is 0 Å². The molecule has 1 fully saturated rings. The van der Waals surface area contributed by atoms with E-state index in [0.29, 0.717) is 19.6 Å². The van der Waals surface area contributed by atoms with Crippen molar-refractivity contribution in [2.45, 2.75) is 18.5 Å². The Morgan fingerprint density at radius 3 is 2.94 bits per heavy atom. The molecule has 3 N–H and O–H groups in total. The molecule has 1 amide bonds. The van der Waals surface area contributed by atoms with Gasteiger partial charge in [0.2, 0.25) is 5.91 Å². The number of carboxylic acids is 1. The molecular weight excluding hydrogens is 228 g/mol. The molecule has 1 aliphatic rings. The molecule has 7 heteroatoms. The van der Waals surface area contributed by atoms with Gasteiger partial charge < -0.3 is 25.2 Å². The number of carboxylic acid groups (broad SMARTS) is 1. The summed E-state index contributed by atoms with van der Waals surface area (Å²) in [5.74, 6) is -1.44. The van der Waals surface area contributed by atoms with Gasteiger partial charge in [0, 0.05) is 20.3 Å². The van der Waals surface area contributed by atoms with E-state index in [9.17, 15) is 9.59 Å². The van der Waals surface area contributed by atoms with Crippen molar-refractivity contribution in [1.82, 2.24) is 4.90 Å². The molecule has 0 saturated carbocycles. The number of amides is 1. The predicted molar refractivity (Wildman–Crippen MR) is 58.4 cm³/mol. The molecule has 98 valence electrons. The maximum atomic E-state index is 11.9. The van der Waals surface area contributed by atoms with E-state index in [2.05, 4.69) is 0 Å². The van der Waals surface area contributed by atoms with Crippen LogP contribution in [0.5, 0.6) is 0 Å². The molecule has 1 aliphatic heterocycles. The Morgan fingerprint density at radius 1 is 1.65 bits per heavy atom. The zero-order valence-electron chi connectivity index (χ0n) is 9.80. The molecule has 0 aromatic heterocycles. The van der Waals surface area contributed by atoms with E-state index in [0.717, 1.165) is 0 Å². The van der Waals surface area contributed by atoms with Crippen LogP contribution in [0.3, 0.4) is 0 Å². The Balaban J connectivity index is 2.61. The van der Waals surface area contributed by atoms with Gasteiger partial charge in [-0.15, -0.1) is 0 Å². The summed E-state index contributed by atoms with van der Waals surface area (Å²) in [4.78, 5) is 24.2. The highest BCUT2D eigenvalue weighted by atomic mass is 16.5. The monoisotopic (exact) mass is 246 g/mol. The first-order valence-corrected chi connectivity index (χ1v) is 5.43. The highest BCUT2D eigenvalue weighted by Gasteiger charge is 2.34. The van der Waals surface area contributed by atoms with E-state index >= 15 is 0 Å². The molecule has 17 heavy (non-hydrogen) atoms. The first kappa shape index (κ1) is 13.9.